The van der Waals surface area contributed by atoms with E-state index in [4.69, 9.17) is 0 Å². The summed E-state index contributed by atoms with van der Waals surface area (Å²) in [4.78, 5) is 28.1. The molecule has 3 rings (SSSR count). The first-order valence-electron chi connectivity index (χ1n) is 9.76. The van der Waals surface area contributed by atoms with Gasteiger partial charge < -0.3 is 10.2 Å². The van der Waals surface area contributed by atoms with Crippen molar-refractivity contribution in [3.05, 3.63) is 71.3 Å². The van der Waals surface area contributed by atoms with E-state index in [1.54, 1.807) is 36.4 Å². The SMILES string of the molecule is CC1CCCN(CC(C)NC(=O)c2ccccc2C(=O)c2ccccc2)C1. The van der Waals surface area contributed by atoms with Crippen molar-refractivity contribution in [3.63, 3.8) is 0 Å². The van der Waals surface area contributed by atoms with Gasteiger partial charge in [0.1, 0.15) is 0 Å². The summed E-state index contributed by atoms with van der Waals surface area (Å²) in [6.07, 6.45) is 2.50. The largest absolute Gasteiger partial charge is 0.348 e. The molecule has 27 heavy (non-hydrogen) atoms. The summed E-state index contributed by atoms with van der Waals surface area (Å²) < 4.78 is 0. The summed E-state index contributed by atoms with van der Waals surface area (Å²) in [6, 6.07) is 16.2. The average Bonchev–Trinajstić information content (AvgIpc) is 2.68. The number of ketones is 1. The van der Waals surface area contributed by atoms with E-state index in [-0.39, 0.29) is 17.7 Å². The first-order chi connectivity index (χ1) is 13.0. The van der Waals surface area contributed by atoms with Crippen LogP contribution in [0, 0.1) is 5.92 Å². The number of nitrogens with zero attached hydrogens (tertiary/aromatic N) is 1. The van der Waals surface area contributed by atoms with E-state index in [1.807, 2.05) is 25.1 Å². The normalized spacial score (nSPS) is 18.7. The molecule has 2 aromatic carbocycles. The highest BCUT2D eigenvalue weighted by atomic mass is 16.2. The van der Waals surface area contributed by atoms with Crippen molar-refractivity contribution in [2.75, 3.05) is 19.6 Å². The summed E-state index contributed by atoms with van der Waals surface area (Å²) in [7, 11) is 0. The van der Waals surface area contributed by atoms with Crippen molar-refractivity contribution >= 4 is 11.7 Å². The molecule has 0 aromatic heterocycles. The van der Waals surface area contributed by atoms with Gasteiger partial charge in [-0.1, -0.05) is 55.5 Å². The van der Waals surface area contributed by atoms with Gasteiger partial charge in [0.15, 0.2) is 5.78 Å². The van der Waals surface area contributed by atoms with Gasteiger partial charge in [-0.15, -0.1) is 0 Å². The summed E-state index contributed by atoms with van der Waals surface area (Å²) in [5, 5.41) is 3.07. The summed E-state index contributed by atoms with van der Waals surface area (Å²) in [5.41, 5.74) is 1.47. The topological polar surface area (TPSA) is 49.4 Å². The van der Waals surface area contributed by atoms with Crippen LogP contribution in [0.3, 0.4) is 0 Å². The Balaban J connectivity index is 1.69. The molecular formula is C23H28N2O2. The molecular weight excluding hydrogens is 336 g/mol. The van der Waals surface area contributed by atoms with Crippen LogP contribution < -0.4 is 5.32 Å². The molecule has 4 nitrogen and oxygen atoms in total. The minimum absolute atomic E-state index is 0.0303. The molecule has 2 atom stereocenters. The van der Waals surface area contributed by atoms with Gasteiger partial charge in [0.25, 0.3) is 5.91 Å². The Kier molecular flexibility index (Phi) is 6.40. The molecule has 0 spiro atoms. The first kappa shape index (κ1) is 19.3. The lowest BCUT2D eigenvalue weighted by Gasteiger charge is -2.32. The van der Waals surface area contributed by atoms with E-state index in [0.29, 0.717) is 22.6 Å². The predicted octanol–water partition coefficient (Wildman–Crippen LogP) is 3.77. The number of likely N-dealkylation sites (tertiary alicyclic amines) is 1. The number of carbonyl (C=O) groups is 2. The summed E-state index contributed by atoms with van der Waals surface area (Å²) in [6.45, 7) is 7.32. The van der Waals surface area contributed by atoms with E-state index in [9.17, 15) is 9.59 Å². The molecule has 1 amide bonds. The highest BCUT2D eigenvalue weighted by Gasteiger charge is 2.21. The van der Waals surface area contributed by atoms with Gasteiger partial charge in [0.05, 0.1) is 5.56 Å². The second kappa shape index (κ2) is 8.96. The Morgan fingerprint density at radius 3 is 2.44 bits per heavy atom. The number of hydrogen-bond acceptors (Lipinski definition) is 3. The second-order valence-corrected chi connectivity index (χ2v) is 7.62. The minimum Gasteiger partial charge on any atom is -0.348 e. The number of nitrogens with one attached hydrogen (secondary N) is 1. The van der Waals surface area contributed by atoms with Gasteiger partial charge in [0, 0.05) is 30.3 Å². The van der Waals surface area contributed by atoms with Crippen LogP contribution in [0.5, 0.6) is 0 Å². The number of piperidine rings is 1. The fourth-order valence-electron chi connectivity index (χ4n) is 3.81. The average molecular weight is 364 g/mol. The van der Waals surface area contributed by atoms with Crippen LogP contribution in [0.1, 0.15) is 53.0 Å². The van der Waals surface area contributed by atoms with Crippen LogP contribution in [-0.2, 0) is 0 Å². The minimum atomic E-state index is -0.188. The molecule has 0 saturated carbocycles. The quantitative estimate of drug-likeness (QED) is 0.794. The third-order valence-electron chi connectivity index (χ3n) is 5.10. The van der Waals surface area contributed by atoms with Crippen LogP contribution in [-0.4, -0.2) is 42.3 Å². The molecule has 4 heteroatoms. The lowest BCUT2D eigenvalue weighted by atomic mass is 9.97. The fourth-order valence-corrected chi connectivity index (χ4v) is 3.81. The highest BCUT2D eigenvalue weighted by Crippen LogP contribution is 2.17. The molecule has 1 fully saturated rings. The Morgan fingerprint density at radius 1 is 1.07 bits per heavy atom. The molecule has 1 saturated heterocycles. The lowest BCUT2D eigenvalue weighted by Crippen LogP contribution is -2.45. The van der Waals surface area contributed by atoms with E-state index >= 15 is 0 Å². The Bertz CT molecular complexity index is 788. The molecule has 0 aliphatic carbocycles. The summed E-state index contributed by atoms with van der Waals surface area (Å²) >= 11 is 0. The van der Waals surface area contributed by atoms with Crippen molar-refractivity contribution in [2.24, 2.45) is 5.92 Å². The van der Waals surface area contributed by atoms with E-state index in [2.05, 4.69) is 17.1 Å². The molecule has 2 aromatic rings. The maximum atomic E-state index is 12.8. The second-order valence-electron chi connectivity index (χ2n) is 7.62. The molecule has 0 radical (unpaired) electrons. The maximum absolute atomic E-state index is 12.8. The number of amides is 1. The van der Waals surface area contributed by atoms with Crippen molar-refractivity contribution in [1.82, 2.24) is 10.2 Å². The Hall–Kier alpha value is -2.46. The number of hydrogen-bond donors (Lipinski definition) is 1. The predicted molar refractivity (Wildman–Crippen MR) is 108 cm³/mol. The Morgan fingerprint density at radius 2 is 1.74 bits per heavy atom. The van der Waals surface area contributed by atoms with Gasteiger partial charge in [-0.25, -0.2) is 0 Å². The number of benzene rings is 2. The third-order valence-corrected chi connectivity index (χ3v) is 5.10. The molecule has 1 aliphatic rings. The molecule has 2 unspecified atom stereocenters. The molecule has 142 valence electrons. The van der Waals surface area contributed by atoms with Crippen molar-refractivity contribution in [3.8, 4) is 0 Å². The van der Waals surface area contributed by atoms with Crippen LogP contribution in [0.25, 0.3) is 0 Å². The lowest BCUT2D eigenvalue weighted by molar-refractivity contribution is 0.0911. The molecule has 0 bridgehead atoms. The summed E-state index contributed by atoms with van der Waals surface area (Å²) in [5.74, 6) is 0.400. The van der Waals surface area contributed by atoms with E-state index in [0.717, 1.165) is 19.6 Å². The van der Waals surface area contributed by atoms with Gasteiger partial charge in [-0.05, 0) is 38.3 Å². The molecule has 1 N–H and O–H groups in total. The van der Waals surface area contributed by atoms with Gasteiger partial charge in [-0.2, -0.15) is 0 Å². The highest BCUT2D eigenvalue weighted by molar-refractivity contribution is 6.15. The van der Waals surface area contributed by atoms with Crippen LogP contribution >= 0.6 is 0 Å². The third kappa shape index (κ3) is 5.04. The van der Waals surface area contributed by atoms with Gasteiger partial charge in [0.2, 0.25) is 0 Å². The standard InChI is InChI=1S/C23H28N2O2/c1-17-9-8-14-25(15-17)16-18(2)24-23(27)21-13-7-6-12-20(21)22(26)19-10-4-3-5-11-19/h3-7,10-13,17-18H,8-9,14-16H2,1-2H3,(H,24,27). The van der Waals surface area contributed by atoms with Crippen LogP contribution in [0.4, 0.5) is 0 Å². The fraction of sp³-hybridized carbons (Fsp3) is 0.391. The van der Waals surface area contributed by atoms with E-state index in [1.165, 1.54) is 12.8 Å². The van der Waals surface area contributed by atoms with E-state index < -0.39 is 0 Å². The first-order valence-corrected chi connectivity index (χ1v) is 9.76. The maximum Gasteiger partial charge on any atom is 0.252 e. The van der Waals surface area contributed by atoms with Crippen LogP contribution in [0.15, 0.2) is 54.6 Å². The smallest absolute Gasteiger partial charge is 0.252 e. The number of carbonyl (C=O) groups excluding carboxylic acids is 2. The van der Waals surface area contributed by atoms with Gasteiger partial charge >= 0.3 is 0 Å². The zero-order valence-electron chi connectivity index (χ0n) is 16.2. The Labute approximate surface area is 161 Å². The van der Waals surface area contributed by atoms with Crippen molar-refractivity contribution < 1.29 is 9.59 Å². The molecule has 1 heterocycles. The molecule has 1 aliphatic heterocycles. The zero-order chi connectivity index (χ0) is 19.2. The van der Waals surface area contributed by atoms with Gasteiger partial charge in [-0.3, -0.25) is 9.59 Å². The van der Waals surface area contributed by atoms with Crippen molar-refractivity contribution in [2.45, 2.75) is 32.7 Å². The number of rotatable bonds is 6. The van der Waals surface area contributed by atoms with Crippen LogP contribution in [0.2, 0.25) is 0 Å². The zero-order valence-corrected chi connectivity index (χ0v) is 16.2. The monoisotopic (exact) mass is 364 g/mol. The van der Waals surface area contributed by atoms with Crippen molar-refractivity contribution in [1.29, 1.82) is 0 Å².